The van der Waals surface area contributed by atoms with Crippen molar-refractivity contribution in [1.29, 1.82) is 0 Å². The van der Waals surface area contributed by atoms with Gasteiger partial charge in [-0.25, -0.2) is 0 Å². The van der Waals surface area contributed by atoms with Crippen molar-refractivity contribution in [3.05, 3.63) is 59.2 Å². The summed E-state index contributed by atoms with van der Waals surface area (Å²) in [5.41, 5.74) is 3.99. The first-order chi connectivity index (χ1) is 16.0. The molecule has 0 spiro atoms. The van der Waals surface area contributed by atoms with Gasteiger partial charge in [-0.15, -0.1) is 0 Å². The topological polar surface area (TPSA) is 43.7 Å². The summed E-state index contributed by atoms with van der Waals surface area (Å²) in [5, 5.41) is 21.2. The Morgan fingerprint density at radius 3 is 2.61 bits per heavy atom. The normalized spacial score (nSPS) is 25.7. The number of allylic oxidation sites excluding steroid dienone is 2. The quantitative estimate of drug-likeness (QED) is 0.265. The van der Waals surface area contributed by atoms with Crippen LogP contribution in [0.2, 0.25) is 0 Å². The average Bonchev–Trinajstić information content (AvgIpc) is 3.28. The molecule has 2 aliphatic carbocycles. The highest BCUT2D eigenvalue weighted by molar-refractivity contribution is 5.24. The average molecular weight is 454 g/mol. The first-order valence-corrected chi connectivity index (χ1v) is 13.5. The molecule has 3 heteroatoms. The van der Waals surface area contributed by atoms with Crippen LogP contribution in [0.25, 0.3) is 0 Å². The number of aliphatic hydroxyl groups excluding tert-OH is 2. The summed E-state index contributed by atoms with van der Waals surface area (Å²) in [5.74, 6) is 1.21. The predicted molar refractivity (Wildman–Crippen MR) is 139 cm³/mol. The number of aryl methyl sites for hydroxylation is 1. The summed E-state index contributed by atoms with van der Waals surface area (Å²) >= 11 is 0. The first kappa shape index (κ1) is 26.2. The highest BCUT2D eigenvalue weighted by atomic mass is 16.3. The van der Waals surface area contributed by atoms with Gasteiger partial charge >= 0.3 is 0 Å². The number of aliphatic hydroxyl groups is 2. The Balaban J connectivity index is 1.41. The van der Waals surface area contributed by atoms with E-state index in [2.05, 4.69) is 56.0 Å². The van der Waals surface area contributed by atoms with Crippen LogP contribution in [0.3, 0.4) is 0 Å². The van der Waals surface area contributed by atoms with Crippen molar-refractivity contribution in [3.63, 3.8) is 0 Å². The van der Waals surface area contributed by atoms with E-state index < -0.39 is 6.10 Å². The van der Waals surface area contributed by atoms with Crippen LogP contribution in [0.4, 0.5) is 0 Å². The maximum absolute atomic E-state index is 10.6. The van der Waals surface area contributed by atoms with Crippen LogP contribution in [-0.4, -0.2) is 47.0 Å². The van der Waals surface area contributed by atoms with Crippen LogP contribution in [0.5, 0.6) is 0 Å². The Hall–Kier alpha value is -1.42. The molecule has 0 aromatic heterocycles. The zero-order valence-electron chi connectivity index (χ0n) is 21.3. The monoisotopic (exact) mass is 453 g/mol. The number of unbranched alkanes of at least 4 members (excludes halogenated alkanes) is 2. The van der Waals surface area contributed by atoms with E-state index in [1.807, 2.05) is 12.1 Å². The van der Waals surface area contributed by atoms with E-state index in [1.165, 1.54) is 63.7 Å². The van der Waals surface area contributed by atoms with Crippen LogP contribution in [0, 0.1) is 24.7 Å². The molecule has 0 heterocycles. The summed E-state index contributed by atoms with van der Waals surface area (Å²) in [6.07, 6.45) is 16.0. The van der Waals surface area contributed by atoms with Crippen LogP contribution < -0.4 is 0 Å². The summed E-state index contributed by atoms with van der Waals surface area (Å²) in [4.78, 5) is 2.62. The van der Waals surface area contributed by atoms with Crippen LogP contribution in [0.1, 0.15) is 76.3 Å². The third-order valence-electron chi connectivity index (χ3n) is 7.58. The van der Waals surface area contributed by atoms with Gasteiger partial charge in [-0.05, 0) is 88.9 Å². The van der Waals surface area contributed by atoms with Crippen molar-refractivity contribution in [2.24, 2.45) is 17.8 Å². The molecule has 1 aromatic carbocycles. The molecule has 0 amide bonds. The number of hydrogen-bond acceptors (Lipinski definition) is 3. The lowest BCUT2D eigenvalue weighted by molar-refractivity contribution is 0.140. The molecule has 1 aromatic rings. The second-order valence-corrected chi connectivity index (χ2v) is 10.5. The van der Waals surface area contributed by atoms with Crippen molar-refractivity contribution >= 4 is 0 Å². The maximum atomic E-state index is 10.6. The van der Waals surface area contributed by atoms with E-state index in [0.717, 1.165) is 18.4 Å². The summed E-state index contributed by atoms with van der Waals surface area (Å²) in [6, 6.07) is 8.34. The molecular weight excluding hydrogens is 406 g/mol. The number of nitrogens with zero attached hydrogens (tertiary/aromatic N) is 1. The SMILES string of the molecule is CCCN(CCC)CCCCCC1=C[C@H]2C[C@@H](O)[C@H](/C=C/[C@H](O)Cc3cccc(C)c3)[C@H]2C1. The van der Waals surface area contributed by atoms with E-state index >= 15 is 0 Å². The molecule has 2 aliphatic rings. The molecule has 1 saturated carbocycles. The first-order valence-electron chi connectivity index (χ1n) is 13.5. The molecule has 184 valence electrons. The molecule has 0 radical (unpaired) electrons. The Labute approximate surface area is 202 Å². The van der Waals surface area contributed by atoms with Crippen molar-refractivity contribution in [1.82, 2.24) is 4.90 Å². The van der Waals surface area contributed by atoms with Gasteiger partial charge in [-0.3, -0.25) is 0 Å². The Morgan fingerprint density at radius 1 is 1.09 bits per heavy atom. The molecule has 0 unspecified atom stereocenters. The summed E-state index contributed by atoms with van der Waals surface area (Å²) in [6.45, 7) is 10.3. The number of fused-ring (bicyclic) bond motifs is 1. The minimum absolute atomic E-state index is 0.174. The van der Waals surface area contributed by atoms with Crippen molar-refractivity contribution in [2.45, 2.75) is 90.8 Å². The number of rotatable bonds is 14. The minimum atomic E-state index is -0.494. The third-order valence-corrected chi connectivity index (χ3v) is 7.58. The van der Waals surface area contributed by atoms with Crippen LogP contribution in [0.15, 0.2) is 48.1 Å². The lowest BCUT2D eigenvalue weighted by Gasteiger charge is -2.20. The van der Waals surface area contributed by atoms with E-state index in [9.17, 15) is 10.2 Å². The molecule has 5 atom stereocenters. The van der Waals surface area contributed by atoms with Gasteiger partial charge in [-0.1, -0.05) is 73.9 Å². The second-order valence-electron chi connectivity index (χ2n) is 10.5. The Morgan fingerprint density at radius 2 is 1.88 bits per heavy atom. The van der Waals surface area contributed by atoms with E-state index in [1.54, 1.807) is 5.57 Å². The summed E-state index contributed by atoms with van der Waals surface area (Å²) < 4.78 is 0. The van der Waals surface area contributed by atoms with Gasteiger partial charge in [0.2, 0.25) is 0 Å². The Kier molecular flexibility index (Phi) is 10.7. The number of hydrogen-bond donors (Lipinski definition) is 2. The molecule has 3 rings (SSSR count). The molecule has 0 aliphatic heterocycles. The van der Waals surface area contributed by atoms with Crippen molar-refractivity contribution in [2.75, 3.05) is 19.6 Å². The fourth-order valence-electron chi connectivity index (χ4n) is 6.03. The molecule has 1 fully saturated rings. The zero-order chi connectivity index (χ0) is 23.6. The minimum Gasteiger partial charge on any atom is -0.392 e. The van der Waals surface area contributed by atoms with Gasteiger partial charge in [0, 0.05) is 12.3 Å². The lowest BCUT2D eigenvalue weighted by atomic mass is 9.88. The number of benzene rings is 1. The van der Waals surface area contributed by atoms with Crippen LogP contribution >= 0.6 is 0 Å². The lowest BCUT2D eigenvalue weighted by Crippen LogP contribution is -2.26. The van der Waals surface area contributed by atoms with E-state index in [-0.39, 0.29) is 12.0 Å². The van der Waals surface area contributed by atoms with Gasteiger partial charge < -0.3 is 15.1 Å². The molecular formula is C30H47NO2. The molecule has 3 nitrogen and oxygen atoms in total. The van der Waals surface area contributed by atoms with E-state index in [0.29, 0.717) is 18.3 Å². The molecule has 0 saturated heterocycles. The third kappa shape index (κ3) is 8.09. The fourth-order valence-corrected chi connectivity index (χ4v) is 6.03. The van der Waals surface area contributed by atoms with Gasteiger partial charge in [0.25, 0.3) is 0 Å². The largest absolute Gasteiger partial charge is 0.392 e. The van der Waals surface area contributed by atoms with Gasteiger partial charge in [0.05, 0.1) is 12.2 Å². The molecule has 0 bridgehead atoms. The smallest absolute Gasteiger partial charge is 0.0761 e. The standard InChI is InChI=1S/C30H47NO2/c1-4-15-31(16-5-2)17-8-6-7-11-25-19-26-22-30(33)28(29(26)21-25)14-13-27(32)20-24-12-9-10-23(3)18-24/h9-10,12-14,18-19,26-30,32-33H,4-8,11,15-17,20-22H2,1-3H3/b14-13+/t26-,27-,28+,29-,30+/m0/s1. The van der Waals surface area contributed by atoms with Gasteiger partial charge in [0.1, 0.15) is 0 Å². The van der Waals surface area contributed by atoms with Gasteiger partial charge in [-0.2, -0.15) is 0 Å². The van der Waals surface area contributed by atoms with E-state index in [4.69, 9.17) is 0 Å². The Bertz CT molecular complexity index is 764. The van der Waals surface area contributed by atoms with Crippen molar-refractivity contribution < 1.29 is 10.2 Å². The predicted octanol–water partition coefficient (Wildman–Crippen LogP) is 6.08. The highest BCUT2D eigenvalue weighted by Crippen LogP contribution is 2.48. The van der Waals surface area contributed by atoms with Gasteiger partial charge in [0.15, 0.2) is 0 Å². The summed E-state index contributed by atoms with van der Waals surface area (Å²) in [7, 11) is 0. The zero-order valence-corrected chi connectivity index (χ0v) is 21.3. The fraction of sp³-hybridized carbons (Fsp3) is 0.667. The maximum Gasteiger partial charge on any atom is 0.0761 e. The second kappa shape index (κ2) is 13.5. The van der Waals surface area contributed by atoms with Crippen molar-refractivity contribution in [3.8, 4) is 0 Å². The highest BCUT2D eigenvalue weighted by Gasteiger charge is 2.43. The van der Waals surface area contributed by atoms with Crippen LogP contribution in [-0.2, 0) is 6.42 Å². The molecule has 2 N–H and O–H groups in total. The molecule has 33 heavy (non-hydrogen) atoms.